The summed E-state index contributed by atoms with van der Waals surface area (Å²) in [6.07, 6.45) is -2.65. The molecule has 0 aliphatic carbocycles. The van der Waals surface area contributed by atoms with Gasteiger partial charge in [0.05, 0.1) is 0 Å². The Hall–Kier alpha value is -1.06. The van der Waals surface area contributed by atoms with Gasteiger partial charge in [-0.15, -0.1) is 0 Å². The molecule has 0 aliphatic heterocycles. The molecule has 0 aliphatic rings. The molecule has 0 spiro atoms. The van der Waals surface area contributed by atoms with Crippen LogP contribution in [0.15, 0.2) is 16.5 Å². The molecule has 4 heteroatoms. The van der Waals surface area contributed by atoms with E-state index >= 15 is 0 Å². The monoisotopic (exact) mass is 134 g/mol. The Morgan fingerprint density at radius 1 is 1.44 bits per heavy atom. The van der Waals surface area contributed by atoms with E-state index in [2.05, 4.69) is 4.42 Å². The highest BCUT2D eigenvalue weighted by Gasteiger charge is 2.10. The highest BCUT2D eigenvalue weighted by molar-refractivity contribution is 5.10. The lowest BCUT2D eigenvalue weighted by Crippen LogP contribution is -1.74. The van der Waals surface area contributed by atoms with Crippen LogP contribution in [0.1, 0.15) is 12.2 Å². The maximum absolute atomic E-state index is 11.6. The minimum absolute atomic E-state index is 0.481. The van der Waals surface area contributed by atoms with E-state index in [-0.39, 0.29) is 0 Å². The Balaban J connectivity index is 2.85. The molecule has 0 atom stereocenters. The van der Waals surface area contributed by atoms with Gasteiger partial charge in [-0.2, -0.15) is 0 Å². The topological polar surface area (TPSA) is 33.4 Å². The normalized spacial score (nSPS) is 10.6. The fourth-order valence-corrected chi connectivity index (χ4v) is 0.459. The van der Waals surface area contributed by atoms with Crippen LogP contribution in [0.2, 0.25) is 0 Å². The molecule has 0 saturated heterocycles. The van der Waals surface area contributed by atoms with E-state index in [1.165, 1.54) is 0 Å². The van der Waals surface area contributed by atoms with Crippen molar-refractivity contribution < 1.29 is 18.3 Å². The van der Waals surface area contributed by atoms with E-state index in [0.717, 1.165) is 12.1 Å². The lowest BCUT2D eigenvalue weighted by atomic mass is 10.5. The second-order valence-corrected chi connectivity index (χ2v) is 1.48. The quantitative estimate of drug-likeness (QED) is 0.636. The first-order chi connectivity index (χ1) is 4.20. The number of alkyl halides is 2. The van der Waals surface area contributed by atoms with Crippen LogP contribution < -0.4 is 0 Å². The van der Waals surface area contributed by atoms with Gasteiger partial charge in [-0.3, -0.25) is 0 Å². The lowest BCUT2D eigenvalue weighted by molar-refractivity contribution is 0.115. The first kappa shape index (κ1) is 6.07. The van der Waals surface area contributed by atoms with Gasteiger partial charge in [0.15, 0.2) is 5.76 Å². The fourth-order valence-electron chi connectivity index (χ4n) is 0.459. The summed E-state index contributed by atoms with van der Waals surface area (Å²) in [6.45, 7) is 0. The second kappa shape index (κ2) is 2.05. The minimum Gasteiger partial charge on any atom is -0.481 e. The van der Waals surface area contributed by atoms with Crippen LogP contribution in [0.5, 0.6) is 5.95 Å². The summed E-state index contributed by atoms with van der Waals surface area (Å²) in [5.74, 6) is -0.988. The molecule has 0 fully saturated rings. The third kappa shape index (κ3) is 1.19. The Kier molecular flexibility index (Phi) is 1.38. The van der Waals surface area contributed by atoms with Gasteiger partial charge in [0.25, 0.3) is 12.4 Å². The molecule has 0 aromatic carbocycles. The summed E-state index contributed by atoms with van der Waals surface area (Å²) in [6, 6.07) is 2.10. The maximum atomic E-state index is 11.6. The first-order valence-corrected chi connectivity index (χ1v) is 2.27. The SMILES string of the molecule is Oc1ccc(C(F)F)o1. The maximum Gasteiger partial charge on any atom is 0.295 e. The molecule has 1 aromatic rings. The zero-order valence-corrected chi connectivity index (χ0v) is 4.34. The van der Waals surface area contributed by atoms with E-state index in [1.54, 1.807) is 0 Å². The van der Waals surface area contributed by atoms with Crippen molar-refractivity contribution in [3.8, 4) is 5.95 Å². The lowest BCUT2D eigenvalue weighted by Gasteiger charge is -1.88. The average Bonchev–Trinajstić information content (AvgIpc) is 2.14. The highest BCUT2D eigenvalue weighted by atomic mass is 19.3. The van der Waals surface area contributed by atoms with Gasteiger partial charge >= 0.3 is 0 Å². The van der Waals surface area contributed by atoms with Crippen LogP contribution in [0, 0.1) is 0 Å². The zero-order valence-electron chi connectivity index (χ0n) is 4.34. The van der Waals surface area contributed by atoms with Crippen LogP contribution in [-0.4, -0.2) is 5.11 Å². The number of halogens is 2. The summed E-state index contributed by atoms with van der Waals surface area (Å²) in [5, 5.41) is 8.40. The Morgan fingerprint density at radius 2 is 2.11 bits per heavy atom. The predicted octanol–water partition coefficient (Wildman–Crippen LogP) is 1.92. The van der Waals surface area contributed by atoms with E-state index < -0.39 is 18.1 Å². The molecule has 0 unspecified atom stereocenters. The van der Waals surface area contributed by atoms with Gasteiger partial charge in [0, 0.05) is 6.07 Å². The predicted molar refractivity (Wildman–Crippen MR) is 25.3 cm³/mol. The standard InChI is InChI=1S/C5H4F2O2/c6-5(7)3-1-2-4(8)9-3/h1-2,5,8H. The number of rotatable bonds is 1. The summed E-state index contributed by atoms with van der Waals surface area (Å²) in [4.78, 5) is 0. The summed E-state index contributed by atoms with van der Waals surface area (Å²) >= 11 is 0. The molecule has 50 valence electrons. The molecule has 1 N–H and O–H groups in total. The molecule has 2 nitrogen and oxygen atoms in total. The van der Waals surface area contributed by atoms with Crippen molar-refractivity contribution in [1.29, 1.82) is 0 Å². The van der Waals surface area contributed by atoms with Gasteiger partial charge in [-0.05, 0) is 6.07 Å². The van der Waals surface area contributed by atoms with Crippen molar-refractivity contribution in [2.45, 2.75) is 6.43 Å². The van der Waals surface area contributed by atoms with Crippen molar-refractivity contribution in [1.82, 2.24) is 0 Å². The van der Waals surface area contributed by atoms with Crippen molar-refractivity contribution in [3.05, 3.63) is 17.9 Å². The van der Waals surface area contributed by atoms with Crippen molar-refractivity contribution in [3.63, 3.8) is 0 Å². The Bertz CT molecular complexity index is 195. The van der Waals surface area contributed by atoms with Crippen LogP contribution >= 0.6 is 0 Å². The molecule has 1 heterocycles. The second-order valence-electron chi connectivity index (χ2n) is 1.48. The summed E-state index contributed by atoms with van der Waals surface area (Å²) in [7, 11) is 0. The Morgan fingerprint density at radius 3 is 2.33 bits per heavy atom. The van der Waals surface area contributed by atoms with Crippen molar-refractivity contribution in [2.24, 2.45) is 0 Å². The molecule has 0 saturated carbocycles. The molecule has 9 heavy (non-hydrogen) atoms. The van der Waals surface area contributed by atoms with Gasteiger partial charge in [-0.1, -0.05) is 0 Å². The van der Waals surface area contributed by atoms with Gasteiger partial charge in [-0.25, -0.2) is 8.78 Å². The van der Waals surface area contributed by atoms with Crippen LogP contribution in [0.25, 0.3) is 0 Å². The number of aromatic hydroxyl groups is 1. The highest BCUT2D eigenvalue weighted by Crippen LogP contribution is 2.23. The minimum atomic E-state index is -2.65. The van der Waals surface area contributed by atoms with E-state index in [9.17, 15) is 8.78 Å². The molecule has 0 bridgehead atoms. The third-order valence-electron chi connectivity index (χ3n) is 0.828. The smallest absolute Gasteiger partial charge is 0.295 e. The zero-order chi connectivity index (χ0) is 6.85. The van der Waals surface area contributed by atoms with E-state index in [0.29, 0.717) is 0 Å². The number of hydrogen-bond donors (Lipinski definition) is 1. The van der Waals surface area contributed by atoms with Gasteiger partial charge in [0.1, 0.15) is 0 Å². The molecule has 1 aromatic heterocycles. The molecule has 1 rings (SSSR count). The van der Waals surface area contributed by atoms with E-state index in [4.69, 9.17) is 5.11 Å². The molecule has 0 radical (unpaired) electrons. The van der Waals surface area contributed by atoms with Crippen LogP contribution in [-0.2, 0) is 0 Å². The first-order valence-electron chi connectivity index (χ1n) is 2.27. The largest absolute Gasteiger partial charge is 0.481 e. The third-order valence-corrected chi connectivity index (χ3v) is 0.828. The van der Waals surface area contributed by atoms with Crippen LogP contribution in [0.4, 0.5) is 8.78 Å². The van der Waals surface area contributed by atoms with Gasteiger partial charge < -0.3 is 9.52 Å². The van der Waals surface area contributed by atoms with Crippen molar-refractivity contribution in [2.75, 3.05) is 0 Å². The number of furan rings is 1. The summed E-state index contributed by atoms with van der Waals surface area (Å²) < 4.78 is 27.3. The molecular formula is C5H4F2O2. The van der Waals surface area contributed by atoms with E-state index in [1.807, 2.05) is 0 Å². The van der Waals surface area contributed by atoms with Crippen LogP contribution in [0.3, 0.4) is 0 Å². The van der Waals surface area contributed by atoms with Crippen molar-refractivity contribution >= 4 is 0 Å². The van der Waals surface area contributed by atoms with Gasteiger partial charge in [0.2, 0.25) is 0 Å². The Labute approximate surface area is 49.7 Å². The molecular weight excluding hydrogens is 130 g/mol. The average molecular weight is 134 g/mol. The fraction of sp³-hybridized carbons (Fsp3) is 0.200. The summed E-state index contributed by atoms with van der Waals surface area (Å²) in [5.41, 5.74) is 0. The molecule has 0 amide bonds. The number of hydrogen-bond acceptors (Lipinski definition) is 2.